The Morgan fingerprint density at radius 3 is 2.76 bits per heavy atom. The molecule has 0 radical (unpaired) electrons. The molecule has 4 nitrogen and oxygen atoms in total. The van der Waals surface area contributed by atoms with E-state index in [1.165, 1.54) is 16.8 Å². The van der Waals surface area contributed by atoms with Crippen molar-refractivity contribution in [3.05, 3.63) is 70.0 Å². The van der Waals surface area contributed by atoms with Crippen molar-refractivity contribution < 1.29 is 0 Å². The van der Waals surface area contributed by atoms with Crippen LogP contribution in [-0.2, 0) is 0 Å². The minimum Gasteiger partial charge on any atom is -0.390 e. The Morgan fingerprint density at radius 2 is 1.95 bits per heavy atom. The van der Waals surface area contributed by atoms with Crippen molar-refractivity contribution in [3.63, 3.8) is 0 Å². The van der Waals surface area contributed by atoms with Crippen molar-refractivity contribution in [2.45, 2.75) is 4.90 Å². The number of para-hydroxylation sites is 1. The molecule has 6 heteroatoms. The molecular weight excluding hydrogens is 304 g/mol. The maximum atomic E-state index is 6.14. The van der Waals surface area contributed by atoms with Gasteiger partial charge in [-0.3, -0.25) is 5.01 Å². The van der Waals surface area contributed by atoms with Gasteiger partial charge in [-0.1, -0.05) is 47.6 Å². The molecule has 0 saturated heterocycles. The van der Waals surface area contributed by atoms with Gasteiger partial charge in [0.05, 0.1) is 5.69 Å². The lowest BCUT2D eigenvalue weighted by atomic mass is 10.1. The van der Waals surface area contributed by atoms with Gasteiger partial charge in [0.2, 0.25) is 0 Å². The molecule has 2 aromatic carbocycles. The third-order valence-corrected chi connectivity index (χ3v) is 4.12. The number of halogens is 1. The summed E-state index contributed by atoms with van der Waals surface area (Å²) in [7, 11) is 0. The molecule has 2 aromatic rings. The van der Waals surface area contributed by atoms with Gasteiger partial charge in [0.25, 0.3) is 0 Å². The molecule has 0 amide bonds. The fourth-order valence-corrected chi connectivity index (χ4v) is 3.09. The number of hydrazine groups is 1. The van der Waals surface area contributed by atoms with E-state index in [2.05, 4.69) is 4.99 Å². The lowest BCUT2D eigenvalue weighted by Gasteiger charge is -2.25. The van der Waals surface area contributed by atoms with Gasteiger partial charge in [0, 0.05) is 21.7 Å². The summed E-state index contributed by atoms with van der Waals surface area (Å²) in [5.74, 6) is 6.64. The van der Waals surface area contributed by atoms with Crippen LogP contribution < -0.4 is 16.6 Å². The van der Waals surface area contributed by atoms with Crippen LogP contribution in [-0.4, -0.2) is 6.21 Å². The molecule has 0 atom stereocenters. The van der Waals surface area contributed by atoms with Crippen molar-refractivity contribution in [1.29, 1.82) is 0 Å². The molecule has 3 rings (SSSR count). The van der Waals surface area contributed by atoms with Crippen LogP contribution in [0.4, 0.5) is 5.69 Å². The van der Waals surface area contributed by atoms with Crippen LogP contribution in [0.25, 0.3) is 0 Å². The SMILES string of the molecule is N/C(Sc1cccc(Cl)c1)=C1/N=Cc2ccccc2N1N. The second-order valence-electron chi connectivity index (χ2n) is 4.43. The van der Waals surface area contributed by atoms with Crippen LogP contribution in [0.15, 0.2) is 69.3 Å². The summed E-state index contributed by atoms with van der Waals surface area (Å²) in [6.45, 7) is 0. The van der Waals surface area contributed by atoms with Gasteiger partial charge in [-0.05, 0) is 24.3 Å². The summed E-state index contributed by atoms with van der Waals surface area (Å²) in [6.07, 6.45) is 1.76. The first-order valence-corrected chi connectivity index (χ1v) is 7.45. The number of anilines is 1. The van der Waals surface area contributed by atoms with E-state index in [9.17, 15) is 0 Å². The normalized spacial score (nSPS) is 15.8. The highest BCUT2D eigenvalue weighted by molar-refractivity contribution is 8.03. The van der Waals surface area contributed by atoms with Crippen molar-refractivity contribution in [3.8, 4) is 0 Å². The summed E-state index contributed by atoms with van der Waals surface area (Å²) in [5, 5.41) is 2.69. The lowest BCUT2D eigenvalue weighted by molar-refractivity contribution is 0.953. The number of benzene rings is 2. The Balaban J connectivity index is 1.93. The van der Waals surface area contributed by atoms with Crippen LogP contribution >= 0.6 is 23.4 Å². The zero-order valence-electron chi connectivity index (χ0n) is 11.0. The summed E-state index contributed by atoms with van der Waals surface area (Å²) in [4.78, 5) is 5.29. The molecule has 1 aliphatic heterocycles. The topological polar surface area (TPSA) is 67.6 Å². The quantitative estimate of drug-likeness (QED) is 0.658. The molecular formula is C15H13ClN4S. The van der Waals surface area contributed by atoms with E-state index in [1.807, 2.05) is 48.5 Å². The van der Waals surface area contributed by atoms with Crippen LogP contribution in [0, 0.1) is 0 Å². The molecule has 21 heavy (non-hydrogen) atoms. The molecule has 106 valence electrons. The number of fused-ring (bicyclic) bond motifs is 1. The zero-order chi connectivity index (χ0) is 14.8. The van der Waals surface area contributed by atoms with Crippen LogP contribution in [0.2, 0.25) is 5.02 Å². The molecule has 0 aliphatic carbocycles. The predicted octanol–water partition coefficient (Wildman–Crippen LogP) is 3.33. The Morgan fingerprint density at radius 1 is 1.14 bits per heavy atom. The number of aliphatic imine (C=N–C) groups is 1. The minimum atomic E-state index is 0.519. The van der Waals surface area contributed by atoms with Crippen molar-refractivity contribution in [2.24, 2.45) is 16.6 Å². The lowest BCUT2D eigenvalue weighted by Crippen LogP contribution is -2.34. The highest BCUT2D eigenvalue weighted by Gasteiger charge is 2.18. The molecule has 1 heterocycles. The first-order chi connectivity index (χ1) is 10.1. The van der Waals surface area contributed by atoms with Gasteiger partial charge in [-0.25, -0.2) is 10.8 Å². The Hall–Kier alpha value is -1.95. The summed E-state index contributed by atoms with van der Waals surface area (Å²) < 4.78 is 0. The van der Waals surface area contributed by atoms with Crippen molar-refractivity contribution in [2.75, 3.05) is 5.01 Å². The van der Waals surface area contributed by atoms with Gasteiger partial charge < -0.3 is 5.73 Å². The van der Waals surface area contributed by atoms with Crippen LogP contribution in [0.3, 0.4) is 0 Å². The van der Waals surface area contributed by atoms with Gasteiger partial charge >= 0.3 is 0 Å². The fraction of sp³-hybridized carbons (Fsp3) is 0. The monoisotopic (exact) mass is 316 g/mol. The molecule has 4 N–H and O–H groups in total. The highest BCUT2D eigenvalue weighted by atomic mass is 35.5. The number of hydrogen-bond acceptors (Lipinski definition) is 5. The first kappa shape index (κ1) is 14.0. The number of hydrogen-bond donors (Lipinski definition) is 2. The standard InChI is InChI=1S/C15H13ClN4S/c16-11-5-3-6-12(8-11)21-14(17)15-19-9-10-4-1-2-7-13(10)20(15)18/h1-9H,17-18H2/b15-14+. The van der Waals surface area contributed by atoms with E-state index in [0.717, 1.165) is 16.1 Å². The summed E-state index contributed by atoms with van der Waals surface area (Å²) in [5.41, 5.74) is 7.98. The van der Waals surface area contributed by atoms with Crippen molar-refractivity contribution >= 4 is 35.3 Å². The van der Waals surface area contributed by atoms with E-state index in [4.69, 9.17) is 23.2 Å². The number of nitrogens with two attached hydrogens (primary N) is 2. The van der Waals surface area contributed by atoms with E-state index < -0.39 is 0 Å². The van der Waals surface area contributed by atoms with E-state index in [0.29, 0.717) is 15.9 Å². The Kier molecular flexibility index (Phi) is 3.88. The molecule has 1 aliphatic rings. The Labute approximate surface area is 132 Å². The van der Waals surface area contributed by atoms with Gasteiger partial charge in [-0.15, -0.1) is 0 Å². The van der Waals surface area contributed by atoms with Crippen molar-refractivity contribution in [1.82, 2.24) is 0 Å². The highest BCUT2D eigenvalue weighted by Crippen LogP contribution is 2.32. The van der Waals surface area contributed by atoms with E-state index >= 15 is 0 Å². The van der Waals surface area contributed by atoms with Crippen LogP contribution in [0.1, 0.15) is 5.56 Å². The average Bonchev–Trinajstić information content (AvgIpc) is 2.48. The van der Waals surface area contributed by atoms with Crippen LogP contribution in [0.5, 0.6) is 0 Å². The number of thioether (sulfide) groups is 1. The Bertz CT molecular complexity index is 742. The second-order valence-corrected chi connectivity index (χ2v) is 5.99. The molecule has 0 spiro atoms. The minimum absolute atomic E-state index is 0.519. The van der Waals surface area contributed by atoms with Gasteiger partial charge in [0.15, 0.2) is 5.82 Å². The van der Waals surface area contributed by atoms with E-state index in [1.54, 1.807) is 6.21 Å². The maximum Gasteiger partial charge on any atom is 0.177 e. The maximum absolute atomic E-state index is 6.14. The molecule has 0 bridgehead atoms. The third kappa shape index (κ3) is 2.90. The number of nitrogens with zero attached hydrogens (tertiary/aromatic N) is 2. The molecule has 0 unspecified atom stereocenters. The smallest absolute Gasteiger partial charge is 0.177 e. The predicted molar refractivity (Wildman–Crippen MR) is 89.2 cm³/mol. The zero-order valence-corrected chi connectivity index (χ0v) is 12.6. The number of rotatable bonds is 2. The third-order valence-electron chi connectivity index (χ3n) is 2.99. The molecule has 0 fully saturated rings. The second kappa shape index (κ2) is 5.81. The van der Waals surface area contributed by atoms with Gasteiger partial charge in [0.1, 0.15) is 5.03 Å². The molecule has 0 aromatic heterocycles. The molecule has 0 saturated carbocycles. The largest absolute Gasteiger partial charge is 0.390 e. The fourth-order valence-electron chi connectivity index (χ4n) is 2.01. The first-order valence-electron chi connectivity index (χ1n) is 6.26. The van der Waals surface area contributed by atoms with E-state index in [-0.39, 0.29) is 0 Å². The van der Waals surface area contributed by atoms with Gasteiger partial charge in [-0.2, -0.15) is 0 Å². The summed E-state index contributed by atoms with van der Waals surface area (Å²) in [6, 6.07) is 15.2. The summed E-state index contributed by atoms with van der Waals surface area (Å²) >= 11 is 7.35. The average molecular weight is 317 g/mol.